The van der Waals surface area contributed by atoms with Gasteiger partial charge in [0.2, 0.25) is 0 Å². The van der Waals surface area contributed by atoms with Crippen LogP contribution in [-0.4, -0.2) is 24.1 Å². The first kappa shape index (κ1) is 31.0. The fraction of sp³-hybridized carbons (Fsp3) is 0.359. The lowest BCUT2D eigenvalue weighted by molar-refractivity contribution is -0.121. The van der Waals surface area contributed by atoms with Crippen LogP contribution in [0.4, 0.5) is 0 Å². The maximum absolute atomic E-state index is 13.1. The summed E-state index contributed by atoms with van der Waals surface area (Å²) >= 11 is 0. The fourth-order valence-electron chi connectivity index (χ4n) is 5.83. The molecule has 0 spiro atoms. The molecule has 0 radical (unpaired) electrons. The molecule has 0 amide bonds. The van der Waals surface area contributed by atoms with Crippen LogP contribution < -0.4 is 9.47 Å². The van der Waals surface area contributed by atoms with Crippen LogP contribution in [-0.2, 0) is 35.4 Å². The van der Waals surface area contributed by atoms with E-state index in [4.69, 9.17) is 14.2 Å². The summed E-state index contributed by atoms with van der Waals surface area (Å²) in [7, 11) is 1.63. The summed E-state index contributed by atoms with van der Waals surface area (Å²) in [4.78, 5) is 13.1. The van der Waals surface area contributed by atoms with E-state index >= 15 is 0 Å². The standard InChI is InChI=1S/C39H42O5/c1-42-38-23-18-30-16-20-33(40)27-34(14-9-4-2-3-6-11-29-12-7-5-8-13-29)43-24-10-15-36-35-21-17-31(28-44-39(38)26-30)25-32(35)19-22-37(36)41/h5,7-8,12-13,17-19,21-23,25-26,34,41H,2-4,6,9,11,14-16,20,27-28H2,1H3. The second-order valence-corrected chi connectivity index (χ2v) is 11.6. The predicted octanol–water partition coefficient (Wildman–Crippen LogP) is 8.51. The number of methoxy groups -OCH3 is 1. The Kier molecular flexibility index (Phi) is 11.2. The summed E-state index contributed by atoms with van der Waals surface area (Å²) in [5.41, 5.74) is 4.19. The molecule has 228 valence electrons. The van der Waals surface area contributed by atoms with Crippen LogP contribution in [0.15, 0.2) is 78.9 Å². The number of ether oxygens (including phenoxy) is 3. The SMILES string of the molecule is COc1ccc2cc1OCc1ccc3c(c(O)ccc3c1)CC#COC(CCCCCCCc1ccccc1)CC(=O)CC2. The summed E-state index contributed by atoms with van der Waals surface area (Å²) in [6, 6.07) is 26.2. The Balaban J connectivity index is 1.27. The molecule has 1 N–H and O–H groups in total. The molecule has 4 aromatic rings. The van der Waals surface area contributed by atoms with Crippen LogP contribution >= 0.6 is 0 Å². The van der Waals surface area contributed by atoms with Gasteiger partial charge in [-0.15, -0.1) is 0 Å². The average Bonchev–Trinajstić information content (AvgIpc) is 3.05. The topological polar surface area (TPSA) is 65.0 Å². The van der Waals surface area contributed by atoms with Gasteiger partial charge in [-0.2, -0.15) is 0 Å². The molecule has 0 fully saturated rings. The number of carbonyl (C=O) groups is 1. The molecule has 0 aliphatic carbocycles. The highest BCUT2D eigenvalue weighted by Crippen LogP contribution is 2.31. The molecule has 1 atom stereocenters. The normalized spacial score (nSPS) is 15.4. The highest BCUT2D eigenvalue weighted by molar-refractivity contribution is 5.88. The van der Waals surface area contributed by atoms with Gasteiger partial charge in [0.05, 0.1) is 7.11 Å². The second kappa shape index (κ2) is 15.9. The summed E-state index contributed by atoms with van der Waals surface area (Å²) in [6.45, 7) is 0.368. The molecule has 0 saturated carbocycles. The fourth-order valence-corrected chi connectivity index (χ4v) is 5.83. The third-order valence-electron chi connectivity index (χ3n) is 8.34. The Morgan fingerprint density at radius 2 is 1.70 bits per heavy atom. The number of phenols is 1. The zero-order valence-electron chi connectivity index (χ0n) is 25.6. The van der Waals surface area contributed by atoms with E-state index in [-0.39, 0.29) is 17.6 Å². The van der Waals surface area contributed by atoms with E-state index in [0.717, 1.165) is 53.1 Å². The second-order valence-electron chi connectivity index (χ2n) is 11.6. The lowest BCUT2D eigenvalue weighted by atomic mass is 9.99. The maximum atomic E-state index is 13.1. The lowest BCUT2D eigenvalue weighted by Crippen LogP contribution is -2.16. The molecular weight excluding hydrogens is 548 g/mol. The lowest BCUT2D eigenvalue weighted by Gasteiger charge is -2.15. The van der Waals surface area contributed by atoms with Crippen LogP contribution in [0.2, 0.25) is 0 Å². The smallest absolute Gasteiger partial charge is 0.161 e. The number of rotatable bonds is 9. The molecule has 4 aromatic carbocycles. The molecule has 0 aromatic heterocycles. The van der Waals surface area contributed by atoms with Crippen molar-refractivity contribution >= 4 is 16.6 Å². The number of unbranched alkanes of at least 4 members (excludes halogenated alkanes) is 4. The summed E-state index contributed by atoms with van der Waals surface area (Å²) < 4.78 is 17.7. The van der Waals surface area contributed by atoms with Crippen LogP contribution in [0.3, 0.4) is 0 Å². The number of Topliss-reactive ketones (excluding diaryl/α,β-unsaturated/α-hetero) is 1. The first-order valence-electron chi connectivity index (χ1n) is 15.8. The number of aromatic hydroxyl groups is 1. The number of hydrogen-bond donors (Lipinski definition) is 1. The molecule has 2 aliphatic heterocycles. The van der Waals surface area contributed by atoms with Gasteiger partial charge >= 0.3 is 0 Å². The van der Waals surface area contributed by atoms with E-state index in [0.29, 0.717) is 43.8 Å². The van der Waals surface area contributed by atoms with Gasteiger partial charge in [0.15, 0.2) is 11.5 Å². The van der Waals surface area contributed by atoms with Crippen molar-refractivity contribution < 1.29 is 24.1 Å². The molecule has 5 nitrogen and oxygen atoms in total. The predicted molar refractivity (Wildman–Crippen MR) is 175 cm³/mol. The highest BCUT2D eigenvalue weighted by Gasteiger charge is 2.16. The first-order chi connectivity index (χ1) is 21.6. The third kappa shape index (κ3) is 8.80. The largest absolute Gasteiger partial charge is 0.508 e. The first-order valence-corrected chi connectivity index (χ1v) is 15.8. The number of phenolic OH excluding ortho intramolecular Hbond substituents is 1. The summed E-state index contributed by atoms with van der Waals surface area (Å²) in [6.07, 6.45) is 11.9. The van der Waals surface area contributed by atoms with Gasteiger partial charge in [-0.25, -0.2) is 0 Å². The van der Waals surface area contributed by atoms with Crippen LogP contribution in [0.5, 0.6) is 17.2 Å². The van der Waals surface area contributed by atoms with Crippen molar-refractivity contribution in [2.45, 2.75) is 83.3 Å². The van der Waals surface area contributed by atoms with Crippen molar-refractivity contribution in [2.75, 3.05) is 7.11 Å². The quantitative estimate of drug-likeness (QED) is 0.156. The number of aryl methyl sites for hydroxylation is 2. The molecule has 2 heterocycles. The minimum absolute atomic E-state index is 0.163. The van der Waals surface area contributed by atoms with Crippen LogP contribution in [0.25, 0.3) is 10.8 Å². The van der Waals surface area contributed by atoms with E-state index in [9.17, 15) is 9.90 Å². The third-order valence-corrected chi connectivity index (χ3v) is 8.34. The van der Waals surface area contributed by atoms with E-state index in [1.165, 1.54) is 24.8 Å². The number of fused-ring (bicyclic) bond motifs is 9. The monoisotopic (exact) mass is 590 g/mol. The van der Waals surface area contributed by atoms with E-state index in [1.807, 2.05) is 36.4 Å². The zero-order valence-corrected chi connectivity index (χ0v) is 25.6. The number of carbonyl (C=O) groups excluding carboxylic acids is 1. The van der Waals surface area contributed by atoms with Crippen molar-refractivity contribution in [1.29, 1.82) is 0 Å². The van der Waals surface area contributed by atoms with E-state index in [2.05, 4.69) is 48.4 Å². The average molecular weight is 591 g/mol. The minimum atomic E-state index is -0.250. The van der Waals surface area contributed by atoms with Crippen molar-refractivity contribution in [2.24, 2.45) is 0 Å². The van der Waals surface area contributed by atoms with E-state index in [1.54, 1.807) is 13.2 Å². The Morgan fingerprint density at radius 1 is 0.886 bits per heavy atom. The maximum Gasteiger partial charge on any atom is 0.161 e. The molecule has 0 saturated heterocycles. The van der Waals surface area contributed by atoms with Gasteiger partial charge in [0, 0.05) is 24.8 Å². The Bertz CT molecular complexity index is 1600. The molecule has 6 bridgehead atoms. The number of ketones is 1. The molecule has 2 aliphatic rings. The van der Waals surface area contributed by atoms with Gasteiger partial charge in [-0.05, 0) is 83.8 Å². The van der Waals surface area contributed by atoms with Gasteiger partial charge < -0.3 is 19.3 Å². The minimum Gasteiger partial charge on any atom is -0.508 e. The number of benzene rings is 4. The van der Waals surface area contributed by atoms with E-state index < -0.39 is 0 Å². The molecule has 5 heteroatoms. The zero-order chi connectivity index (χ0) is 30.6. The number of hydrogen-bond acceptors (Lipinski definition) is 5. The van der Waals surface area contributed by atoms with Crippen molar-refractivity contribution in [3.63, 3.8) is 0 Å². The van der Waals surface area contributed by atoms with Gasteiger partial charge in [0.25, 0.3) is 0 Å². The highest BCUT2D eigenvalue weighted by atomic mass is 16.5. The van der Waals surface area contributed by atoms with Crippen molar-refractivity contribution in [3.8, 4) is 29.3 Å². The van der Waals surface area contributed by atoms with Gasteiger partial charge in [-0.1, -0.05) is 79.8 Å². The molecule has 6 rings (SSSR count). The summed E-state index contributed by atoms with van der Waals surface area (Å²) in [5.74, 6) is 4.78. The molecular formula is C39H42O5. The van der Waals surface area contributed by atoms with Crippen molar-refractivity contribution in [1.82, 2.24) is 0 Å². The van der Waals surface area contributed by atoms with Crippen molar-refractivity contribution in [3.05, 3.63) is 101 Å². The Hall–Kier alpha value is -4.43. The molecule has 44 heavy (non-hydrogen) atoms. The van der Waals surface area contributed by atoms with Crippen LogP contribution in [0, 0.1) is 12.0 Å². The Morgan fingerprint density at radius 3 is 2.57 bits per heavy atom. The van der Waals surface area contributed by atoms with Gasteiger partial charge in [-0.3, -0.25) is 4.79 Å². The molecule has 1 unspecified atom stereocenters. The Labute approximate surface area is 261 Å². The van der Waals surface area contributed by atoms with Gasteiger partial charge in [0.1, 0.15) is 30.4 Å². The van der Waals surface area contributed by atoms with Crippen LogP contribution in [0.1, 0.15) is 73.6 Å². The summed E-state index contributed by atoms with van der Waals surface area (Å²) in [5, 5.41) is 12.6.